The molecule has 0 aromatic heterocycles. The number of benzene rings is 2. The Balaban J connectivity index is 2.09. The van der Waals surface area contributed by atoms with Crippen molar-refractivity contribution in [3.63, 3.8) is 0 Å². The summed E-state index contributed by atoms with van der Waals surface area (Å²) in [5, 5.41) is 15.1. The van der Waals surface area contributed by atoms with Gasteiger partial charge >= 0.3 is 5.97 Å². The Labute approximate surface area is 146 Å². The van der Waals surface area contributed by atoms with Crippen LogP contribution in [0.25, 0.3) is 0 Å². The zero-order chi connectivity index (χ0) is 18.0. The lowest BCUT2D eigenvalue weighted by Gasteiger charge is -2.19. The highest BCUT2D eigenvalue weighted by Gasteiger charge is 2.54. The maximum Gasteiger partial charge on any atom is 0.323 e. The van der Waals surface area contributed by atoms with Gasteiger partial charge in [-0.1, -0.05) is 60.2 Å². The van der Waals surface area contributed by atoms with E-state index in [1.54, 1.807) is 0 Å². The number of methoxy groups -OCH3 is 1. The summed E-state index contributed by atoms with van der Waals surface area (Å²) in [5.74, 6) is -1.09. The average molecular weight is 340 g/mol. The van der Waals surface area contributed by atoms with Gasteiger partial charge in [0.2, 0.25) is 6.04 Å². The van der Waals surface area contributed by atoms with Crippen molar-refractivity contribution in [3.8, 4) is 0 Å². The Kier molecular flexibility index (Phi) is 4.81. The van der Waals surface area contributed by atoms with Crippen LogP contribution in [0.1, 0.15) is 28.7 Å². The molecular weight excluding hydrogens is 320 g/mol. The lowest BCUT2D eigenvalue weighted by atomic mass is 9.85. The molecule has 130 valence electrons. The van der Waals surface area contributed by atoms with Gasteiger partial charge in [0, 0.05) is 4.92 Å². The number of rotatable bonds is 4. The minimum absolute atomic E-state index is 0.291. The maximum absolute atomic E-state index is 12.3. The molecule has 0 unspecified atom stereocenters. The monoisotopic (exact) mass is 340 g/mol. The number of aryl methyl sites for hydroxylation is 1. The summed E-state index contributed by atoms with van der Waals surface area (Å²) >= 11 is 0. The molecule has 0 amide bonds. The Morgan fingerprint density at radius 1 is 1.12 bits per heavy atom. The zero-order valence-corrected chi connectivity index (χ0v) is 14.1. The highest BCUT2D eigenvalue weighted by atomic mass is 16.6. The number of esters is 1. The Bertz CT molecular complexity index is 778. The number of nitro groups is 1. The summed E-state index contributed by atoms with van der Waals surface area (Å²) in [7, 11) is 1.30. The molecule has 25 heavy (non-hydrogen) atoms. The molecule has 4 atom stereocenters. The van der Waals surface area contributed by atoms with Crippen molar-refractivity contribution in [1.29, 1.82) is 0 Å². The van der Waals surface area contributed by atoms with Crippen molar-refractivity contribution >= 4 is 5.97 Å². The lowest BCUT2D eigenvalue weighted by Crippen LogP contribution is -2.37. The van der Waals surface area contributed by atoms with Crippen LogP contribution in [0.4, 0.5) is 0 Å². The normalized spacial score (nSPS) is 25.5. The van der Waals surface area contributed by atoms with Gasteiger partial charge in [-0.15, -0.1) is 0 Å². The number of hydrogen-bond donors (Lipinski definition) is 1. The van der Waals surface area contributed by atoms with Crippen LogP contribution in [0.5, 0.6) is 0 Å². The minimum Gasteiger partial charge on any atom is -0.468 e. The van der Waals surface area contributed by atoms with Gasteiger partial charge in [0.15, 0.2) is 0 Å². The predicted molar refractivity (Wildman–Crippen MR) is 92.8 cm³/mol. The molecule has 2 aromatic rings. The second-order valence-electron chi connectivity index (χ2n) is 6.27. The van der Waals surface area contributed by atoms with E-state index < -0.39 is 30.0 Å². The second kappa shape index (κ2) is 7.03. The standard InChI is InChI=1S/C19H20N2O4/c1-12-7-6-10-14(11-12)16-18(21(23)24)15(13-8-4-3-5-9-13)17(20-16)19(22)25-2/h3-11,15-18,20H,1-2H3/t15-,16+,17+,18+/m1/s1. The van der Waals surface area contributed by atoms with Gasteiger partial charge in [0.1, 0.15) is 12.1 Å². The van der Waals surface area contributed by atoms with Crippen LogP contribution in [0.15, 0.2) is 54.6 Å². The van der Waals surface area contributed by atoms with Crippen molar-refractivity contribution in [3.05, 3.63) is 81.4 Å². The van der Waals surface area contributed by atoms with E-state index in [1.165, 1.54) is 7.11 Å². The summed E-state index contributed by atoms with van der Waals surface area (Å²) in [6, 6.07) is 14.4. The molecule has 0 spiro atoms. The zero-order valence-electron chi connectivity index (χ0n) is 14.1. The predicted octanol–water partition coefficient (Wildman–Crippen LogP) is 2.61. The van der Waals surface area contributed by atoms with E-state index in [2.05, 4.69) is 5.32 Å². The van der Waals surface area contributed by atoms with Crippen LogP contribution in [-0.2, 0) is 9.53 Å². The van der Waals surface area contributed by atoms with Gasteiger partial charge < -0.3 is 4.74 Å². The summed E-state index contributed by atoms with van der Waals surface area (Å²) in [6.45, 7) is 1.94. The van der Waals surface area contributed by atoms with Gasteiger partial charge in [0.05, 0.1) is 13.0 Å². The molecule has 1 fully saturated rings. The average Bonchev–Trinajstić information content (AvgIpc) is 3.02. The first-order valence-corrected chi connectivity index (χ1v) is 8.12. The topological polar surface area (TPSA) is 81.5 Å². The van der Waals surface area contributed by atoms with Crippen molar-refractivity contribution in [2.24, 2.45) is 0 Å². The van der Waals surface area contributed by atoms with E-state index in [1.807, 2.05) is 61.5 Å². The smallest absolute Gasteiger partial charge is 0.323 e. The largest absolute Gasteiger partial charge is 0.468 e. The molecule has 0 radical (unpaired) electrons. The van der Waals surface area contributed by atoms with Gasteiger partial charge in [-0.2, -0.15) is 0 Å². The third-order valence-corrected chi connectivity index (χ3v) is 4.71. The molecule has 2 aromatic carbocycles. The molecule has 3 rings (SSSR count). The van der Waals surface area contributed by atoms with Crippen molar-refractivity contribution < 1.29 is 14.5 Å². The fraction of sp³-hybridized carbons (Fsp3) is 0.316. The van der Waals surface area contributed by atoms with Crippen LogP contribution in [-0.4, -0.2) is 30.1 Å². The third-order valence-electron chi connectivity index (χ3n) is 4.71. The first-order chi connectivity index (χ1) is 12.0. The molecule has 6 heteroatoms. The number of nitrogens with zero attached hydrogens (tertiary/aromatic N) is 1. The molecule has 1 saturated heterocycles. The van der Waals surface area contributed by atoms with Crippen molar-refractivity contribution in [2.45, 2.75) is 31.0 Å². The number of hydrogen-bond acceptors (Lipinski definition) is 5. The van der Waals surface area contributed by atoms with Gasteiger partial charge in [-0.25, -0.2) is 0 Å². The molecule has 6 nitrogen and oxygen atoms in total. The van der Waals surface area contributed by atoms with Crippen molar-refractivity contribution in [2.75, 3.05) is 7.11 Å². The van der Waals surface area contributed by atoms with E-state index in [0.29, 0.717) is 0 Å². The van der Waals surface area contributed by atoms with Crippen LogP contribution in [0, 0.1) is 17.0 Å². The molecule has 1 aliphatic heterocycles. The number of ether oxygens (including phenoxy) is 1. The SMILES string of the molecule is COC(=O)[C@H]1N[C@@H](c2cccc(C)c2)[C@@H]([N+](=O)[O-])[C@@H]1c1ccccc1. The van der Waals surface area contributed by atoms with Gasteiger partial charge in [-0.05, 0) is 18.1 Å². The van der Waals surface area contributed by atoms with E-state index >= 15 is 0 Å². The first-order valence-electron chi connectivity index (χ1n) is 8.12. The van der Waals surface area contributed by atoms with Crippen LogP contribution in [0.3, 0.4) is 0 Å². The lowest BCUT2D eigenvalue weighted by molar-refractivity contribution is -0.527. The Morgan fingerprint density at radius 2 is 1.80 bits per heavy atom. The quantitative estimate of drug-likeness (QED) is 0.526. The molecule has 1 heterocycles. The number of carbonyl (C=O) groups is 1. The summed E-state index contributed by atoms with van der Waals surface area (Å²) in [6.07, 6.45) is 0. The Morgan fingerprint density at radius 3 is 2.40 bits per heavy atom. The highest BCUT2D eigenvalue weighted by Crippen LogP contribution is 2.40. The Hall–Kier alpha value is -2.73. The molecule has 1 aliphatic rings. The number of nitrogens with one attached hydrogen (secondary N) is 1. The fourth-order valence-corrected chi connectivity index (χ4v) is 3.62. The van der Waals surface area contributed by atoms with Crippen LogP contribution in [0.2, 0.25) is 0 Å². The van der Waals surface area contributed by atoms with Gasteiger partial charge in [-0.3, -0.25) is 20.2 Å². The van der Waals surface area contributed by atoms with Crippen LogP contribution >= 0.6 is 0 Å². The minimum atomic E-state index is -0.965. The fourth-order valence-electron chi connectivity index (χ4n) is 3.62. The van der Waals surface area contributed by atoms with E-state index in [9.17, 15) is 14.9 Å². The summed E-state index contributed by atoms with van der Waals surface area (Å²) < 4.78 is 4.90. The van der Waals surface area contributed by atoms with Crippen LogP contribution < -0.4 is 5.32 Å². The van der Waals surface area contributed by atoms with E-state index in [0.717, 1.165) is 16.7 Å². The molecular formula is C19H20N2O4. The van der Waals surface area contributed by atoms with E-state index in [-0.39, 0.29) is 4.92 Å². The first kappa shape index (κ1) is 17.1. The highest BCUT2D eigenvalue weighted by molar-refractivity contribution is 5.78. The molecule has 0 aliphatic carbocycles. The molecule has 1 N–H and O–H groups in total. The molecule has 0 saturated carbocycles. The second-order valence-corrected chi connectivity index (χ2v) is 6.27. The maximum atomic E-state index is 12.3. The molecule has 0 bridgehead atoms. The van der Waals surface area contributed by atoms with E-state index in [4.69, 9.17) is 4.74 Å². The van der Waals surface area contributed by atoms with Crippen molar-refractivity contribution in [1.82, 2.24) is 5.32 Å². The summed E-state index contributed by atoms with van der Waals surface area (Å²) in [5.41, 5.74) is 2.57. The van der Waals surface area contributed by atoms with Gasteiger partial charge in [0.25, 0.3) is 0 Å². The number of carbonyl (C=O) groups excluding carboxylic acids is 1. The summed E-state index contributed by atoms with van der Waals surface area (Å²) in [4.78, 5) is 23.9. The third kappa shape index (κ3) is 3.25.